The molecule has 8 nitrogen and oxygen atoms in total. The van der Waals surface area contributed by atoms with Gasteiger partial charge in [-0.25, -0.2) is 14.6 Å². The van der Waals surface area contributed by atoms with E-state index in [0.717, 1.165) is 70.0 Å². The first kappa shape index (κ1) is 21.2. The van der Waals surface area contributed by atoms with Crippen LogP contribution in [0.3, 0.4) is 0 Å². The lowest BCUT2D eigenvalue weighted by Gasteiger charge is -2.37. The SMILES string of the molecule is COc1ccc(Oc2ccc(-c3nn(C4CC[N+](C)(C)CC4)c4ncnc(N)c34)cc2)cc1. The molecule has 2 N–H and O–H groups in total. The summed E-state index contributed by atoms with van der Waals surface area (Å²) in [5.74, 6) is 2.73. The molecule has 0 amide bonds. The summed E-state index contributed by atoms with van der Waals surface area (Å²) in [5.41, 5.74) is 8.85. The summed E-state index contributed by atoms with van der Waals surface area (Å²) in [6.07, 6.45) is 3.64. The number of rotatable bonds is 5. The highest BCUT2D eigenvalue weighted by molar-refractivity contribution is 5.98. The topological polar surface area (TPSA) is 88.1 Å². The van der Waals surface area contributed by atoms with E-state index in [-0.39, 0.29) is 0 Å². The lowest BCUT2D eigenvalue weighted by molar-refractivity contribution is -0.895. The summed E-state index contributed by atoms with van der Waals surface area (Å²) in [7, 11) is 6.20. The Bertz CT molecular complexity index is 1250. The number of anilines is 1. The minimum atomic E-state index is 0.305. The maximum absolute atomic E-state index is 6.29. The summed E-state index contributed by atoms with van der Waals surface area (Å²) in [4.78, 5) is 8.79. The Morgan fingerprint density at radius 2 is 1.52 bits per heavy atom. The zero-order chi connectivity index (χ0) is 23.0. The number of nitrogens with two attached hydrogens (primary N) is 1. The molecule has 1 aliphatic heterocycles. The summed E-state index contributed by atoms with van der Waals surface area (Å²) in [6.45, 7) is 2.22. The number of likely N-dealkylation sites (tertiary alicyclic amines) is 1. The molecule has 33 heavy (non-hydrogen) atoms. The van der Waals surface area contributed by atoms with Gasteiger partial charge >= 0.3 is 0 Å². The Labute approximate surface area is 193 Å². The smallest absolute Gasteiger partial charge is 0.164 e. The van der Waals surface area contributed by atoms with Crippen molar-refractivity contribution in [2.45, 2.75) is 18.9 Å². The monoisotopic (exact) mass is 445 g/mol. The van der Waals surface area contributed by atoms with Crippen molar-refractivity contribution in [1.82, 2.24) is 19.7 Å². The number of ether oxygens (including phenoxy) is 2. The number of nitrogen functional groups attached to an aromatic ring is 1. The van der Waals surface area contributed by atoms with Crippen molar-refractivity contribution in [1.29, 1.82) is 0 Å². The highest BCUT2D eigenvalue weighted by atomic mass is 16.5. The number of hydrogen-bond donors (Lipinski definition) is 1. The van der Waals surface area contributed by atoms with E-state index in [4.69, 9.17) is 20.3 Å². The fourth-order valence-corrected chi connectivity index (χ4v) is 4.41. The average Bonchev–Trinajstić information content (AvgIpc) is 3.21. The van der Waals surface area contributed by atoms with Crippen LogP contribution in [0.5, 0.6) is 17.2 Å². The summed E-state index contributed by atoms with van der Waals surface area (Å²) < 4.78 is 14.3. The van der Waals surface area contributed by atoms with E-state index in [9.17, 15) is 0 Å². The molecule has 0 unspecified atom stereocenters. The van der Waals surface area contributed by atoms with Gasteiger partial charge in [0.05, 0.1) is 45.7 Å². The van der Waals surface area contributed by atoms with Gasteiger partial charge in [-0.05, 0) is 48.5 Å². The van der Waals surface area contributed by atoms with Crippen LogP contribution in [0.2, 0.25) is 0 Å². The van der Waals surface area contributed by atoms with E-state index in [1.165, 1.54) is 6.33 Å². The molecule has 4 aromatic rings. The number of quaternary nitrogens is 1. The minimum absolute atomic E-state index is 0.305. The Morgan fingerprint density at radius 1 is 0.909 bits per heavy atom. The summed E-state index contributed by atoms with van der Waals surface area (Å²) in [5, 5.41) is 5.80. The van der Waals surface area contributed by atoms with Crippen LogP contribution in [0, 0.1) is 0 Å². The standard InChI is InChI=1S/C25H29N6O2/c1-31(2)14-12-18(13-15-31)30-25-22(24(26)27-16-28-25)23(29-30)17-4-6-20(7-5-17)33-21-10-8-19(32-3)9-11-21/h4-11,16,18H,12-15H2,1-3H3,(H2,26,27,28)/q+1. The summed E-state index contributed by atoms with van der Waals surface area (Å²) >= 11 is 0. The molecule has 0 spiro atoms. The molecule has 170 valence electrons. The number of methoxy groups -OCH3 is 1. The van der Waals surface area contributed by atoms with E-state index >= 15 is 0 Å². The van der Waals surface area contributed by atoms with Crippen LogP contribution in [0.1, 0.15) is 18.9 Å². The Kier molecular flexibility index (Phi) is 5.38. The maximum Gasteiger partial charge on any atom is 0.164 e. The second-order valence-corrected chi connectivity index (χ2v) is 9.17. The average molecular weight is 446 g/mol. The second kappa shape index (κ2) is 8.37. The molecule has 8 heteroatoms. The van der Waals surface area contributed by atoms with Gasteiger partial charge < -0.3 is 19.7 Å². The number of benzene rings is 2. The van der Waals surface area contributed by atoms with E-state index in [0.29, 0.717) is 11.9 Å². The molecule has 5 rings (SSSR count). The molecular weight excluding hydrogens is 416 g/mol. The van der Waals surface area contributed by atoms with Crippen LogP contribution in [0.4, 0.5) is 5.82 Å². The molecule has 0 saturated carbocycles. The first-order valence-electron chi connectivity index (χ1n) is 11.2. The fourth-order valence-electron chi connectivity index (χ4n) is 4.41. The molecule has 0 aliphatic carbocycles. The first-order chi connectivity index (χ1) is 15.9. The summed E-state index contributed by atoms with van der Waals surface area (Å²) in [6, 6.07) is 15.7. The quantitative estimate of drug-likeness (QED) is 0.461. The molecular formula is C25H29N6O2+. The lowest BCUT2D eigenvalue weighted by Crippen LogP contribution is -2.46. The Morgan fingerprint density at radius 3 is 2.15 bits per heavy atom. The first-order valence-corrected chi connectivity index (χ1v) is 11.2. The highest BCUT2D eigenvalue weighted by Crippen LogP contribution is 2.35. The molecule has 1 fully saturated rings. The molecule has 2 aromatic carbocycles. The van der Waals surface area contributed by atoms with Crippen LogP contribution in [-0.2, 0) is 0 Å². The molecule has 0 atom stereocenters. The van der Waals surface area contributed by atoms with Crippen LogP contribution in [0.25, 0.3) is 22.3 Å². The Hall–Kier alpha value is -3.65. The third kappa shape index (κ3) is 4.21. The van der Waals surface area contributed by atoms with Crippen molar-refractivity contribution in [2.75, 3.05) is 40.0 Å². The van der Waals surface area contributed by atoms with Gasteiger partial charge in [-0.3, -0.25) is 0 Å². The van der Waals surface area contributed by atoms with Gasteiger partial charge in [0.2, 0.25) is 0 Å². The van der Waals surface area contributed by atoms with E-state index in [1.807, 2.05) is 48.5 Å². The van der Waals surface area contributed by atoms with Gasteiger partial charge in [-0.1, -0.05) is 0 Å². The van der Waals surface area contributed by atoms with E-state index in [1.54, 1.807) is 7.11 Å². The number of fused-ring (bicyclic) bond motifs is 1. The highest BCUT2D eigenvalue weighted by Gasteiger charge is 2.30. The zero-order valence-electron chi connectivity index (χ0n) is 19.2. The van der Waals surface area contributed by atoms with Gasteiger partial charge in [-0.15, -0.1) is 0 Å². The molecule has 0 bridgehead atoms. The van der Waals surface area contributed by atoms with Crippen molar-refractivity contribution in [3.63, 3.8) is 0 Å². The molecule has 3 heterocycles. The maximum atomic E-state index is 6.29. The van der Waals surface area contributed by atoms with Crippen molar-refractivity contribution in [3.8, 4) is 28.5 Å². The van der Waals surface area contributed by atoms with Crippen molar-refractivity contribution >= 4 is 16.9 Å². The van der Waals surface area contributed by atoms with Crippen molar-refractivity contribution in [3.05, 3.63) is 54.9 Å². The third-order valence-electron chi connectivity index (χ3n) is 6.42. The Balaban J connectivity index is 1.45. The number of hydrogen-bond acceptors (Lipinski definition) is 6. The minimum Gasteiger partial charge on any atom is -0.497 e. The van der Waals surface area contributed by atoms with Crippen molar-refractivity contribution < 1.29 is 14.0 Å². The molecule has 0 radical (unpaired) electrons. The number of piperidine rings is 1. The van der Waals surface area contributed by atoms with E-state index in [2.05, 4.69) is 28.7 Å². The van der Waals surface area contributed by atoms with Gasteiger partial charge in [0.15, 0.2) is 5.65 Å². The van der Waals surface area contributed by atoms with Crippen LogP contribution < -0.4 is 15.2 Å². The van der Waals surface area contributed by atoms with Gasteiger partial charge in [0.25, 0.3) is 0 Å². The molecule has 1 saturated heterocycles. The van der Waals surface area contributed by atoms with Gasteiger partial charge in [0, 0.05) is 18.4 Å². The van der Waals surface area contributed by atoms with Gasteiger partial charge in [-0.2, -0.15) is 5.10 Å². The van der Waals surface area contributed by atoms with Crippen LogP contribution in [0.15, 0.2) is 54.9 Å². The predicted molar refractivity (Wildman–Crippen MR) is 128 cm³/mol. The fraction of sp³-hybridized carbons (Fsp3) is 0.320. The predicted octanol–water partition coefficient (Wildman–Crippen LogP) is 4.29. The molecule has 1 aliphatic rings. The van der Waals surface area contributed by atoms with E-state index < -0.39 is 0 Å². The largest absolute Gasteiger partial charge is 0.497 e. The van der Waals surface area contributed by atoms with Crippen LogP contribution in [-0.4, -0.2) is 58.5 Å². The second-order valence-electron chi connectivity index (χ2n) is 9.17. The number of aromatic nitrogens is 4. The number of nitrogens with zero attached hydrogens (tertiary/aromatic N) is 5. The van der Waals surface area contributed by atoms with Gasteiger partial charge in [0.1, 0.15) is 35.1 Å². The molecule has 2 aromatic heterocycles. The zero-order valence-corrected chi connectivity index (χ0v) is 19.2. The lowest BCUT2D eigenvalue weighted by atomic mass is 10.0. The van der Waals surface area contributed by atoms with Crippen LogP contribution >= 0.6 is 0 Å². The third-order valence-corrected chi connectivity index (χ3v) is 6.42. The van der Waals surface area contributed by atoms with Crippen molar-refractivity contribution in [2.24, 2.45) is 0 Å². The normalized spacial score (nSPS) is 16.1.